The van der Waals surface area contributed by atoms with Crippen molar-refractivity contribution in [1.29, 1.82) is 0 Å². The fourth-order valence-corrected chi connectivity index (χ4v) is 3.12. The minimum atomic E-state index is 0.586. The van der Waals surface area contributed by atoms with Crippen LogP contribution in [0.1, 0.15) is 11.6 Å². The molecule has 3 N–H and O–H groups in total. The average Bonchev–Trinajstić information content (AvgIpc) is 3.33. The van der Waals surface area contributed by atoms with Crippen LogP contribution in [0, 0.1) is 0 Å². The Kier molecular flexibility index (Phi) is 4.03. The summed E-state index contributed by atoms with van der Waals surface area (Å²) >= 11 is 5.96. The van der Waals surface area contributed by atoms with Gasteiger partial charge in [0.15, 0.2) is 17.4 Å². The molecule has 0 spiro atoms. The molecule has 28 heavy (non-hydrogen) atoms. The van der Waals surface area contributed by atoms with Crippen LogP contribution in [0.4, 0.5) is 5.69 Å². The molecule has 0 amide bonds. The minimum absolute atomic E-state index is 0.586. The van der Waals surface area contributed by atoms with E-state index >= 15 is 0 Å². The quantitative estimate of drug-likeness (QED) is 0.301. The van der Waals surface area contributed by atoms with Gasteiger partial charge in [0.2, 0.25) is 0 Å². The number of hydrogen-bond acceptors (Lipinski definition) is 4. The number of para-hydroxylation sites is 4. The lowest BCUT2D eigenvalue weighted by Crippen LogP contribution is -2.10. The third-order valence-corrected chi connectivity index (χ3v) is 4.62. The molecule has 0 atom stereocenters. The molecular weight excluding hydrogens is 372 g/mol. The number of imidazole rings is 2. The van der Waals surface area contributed by atoms with Gasteiger partial charge in [0, 0.05) is 5.02 Å². The maximum Gasteiger partial charge on any atom is 0.168 e. The predicted molar refractivity (Wildman–Crippen MR) is 113 cm³/mol. The van der Waals surface area contributed by atoms with Crippen molar-refractivity contribution < 1.29 is 0 Å². The van der Waals surface area contributed by atoms with Gasteiger partial charge in [0.25, 0.3) is 0 Å². The van der Waals surface area contributed by atoms with Crippen molar-refractivity contribution in [3.8, 4) is 0 Å². The Balaban J connectivity index is 1.62. The Morgan fingerprint density at radius 1 is 0.750 bits per heavy atom. The SMILES string of the molecule is Clc1ccc(NN=C(c2nc3ccccc3[nH]2)c2nc3ccccc3[nH]2)cc1. The van der Waals surface area contributed by atoms with Crippen LogP contribution in [0.25, 0.3) is 22.1 Å². The fraction of sp³-hybridized carbons (Fsp3) is 0. The largest absolute Gasteiger partial charge is 0.336 e. The van der Waals surface area contributed by atoms with Gasteiger partial charge in [-0.1, -0.05) is 35.9 Å². The molecule has 0 saturated heterocycles. The molecular formula is C21H15ClN6. The summed E-state index contributed by atoms with van der Waals surface area (Å²) in [5.41, 5.74) is 8.08. The van der Waals surface area contributed by atoms with Crippen molar-refractivity contribution in [2.45, 2.75) is 0 Å². The first-order valence-electron chi connectivity index (χ1n) is 8.76. The molecule has 5 rings (SSSR count). The summed E-state index contributed by atoms with van der Waals surface area (Å²) in [5, 5.41) is 5.26. The van der Waals surface area contributed by atoms with Crippen LogP contribution in [-0.4, -0.2) is 25.6 Å². The van der Waals surface area contributed by atoms with E-state index in [0.29, 0.717) is 22.4 Å². The lowest BCUT2D eigenvalue weighted by Gasteiger charge is -2.04. The number of halogens is 1. The molecule has 6 nitrogen and oxygen atoms in total. The molecule has 7 heteroatoms. The molecule has 2 heterocycles. The van der Waals surface area contributed by atoms with Gasteiger partial charge in [0.05, 0.1) is 27.8 Å². The maximum atomic E-state index is 5.96. The summed E-state index contributed by atoms with van der Waals surface area (Å²) in [5.74, 6) is 1.25. The van der Waals surface area contributed by atoms with Crippen LogP contribution in [-0.2, 0) is 0 Å². The number of nitrogens with one attached hydrogen (secondary N) is 3. The first-order valence-corrected chi connectivity index (χ1v) is 9.13. The summed E-state index contributed by atoms with van der Waals surface area (Å²) in [6.07, 6.45) is 0. The van der Waals surface area contributed by atoms with Gasteiger partial charge >= 0.3 is 0 Å². The normalized spacial score (nSPS) is 11.0. The molecule has 136 valence electrons. The zero-order valence-electron chi connectivity index (χ0n) is 14.6. The third-order valence-electron chi connectivity index (χ3n) is 4.37. The second-order valence-electron chi connectivity index (χ2n) is 6.28. The topological polar surface area (TPSA) is 81.8 Å². The van der Waals surface area contributed by atoms with Crippen LogP contribution >= 0.6 is 11.6 Å². The molecule has 0 radical (unpaired) electrons. The highest BCUT2D eigenvalue weighted by Crippen LogP contribution is 2.18. The van der Waals surface area contributed by atoms with Crippen LogP contribution in [0.15, 0.2) is 77.9 Å². The predicted octanol–water partition coefficient (Wildman–Crippen LogP) is 4.96. The number of H-pyrrole nitrogens is 2. The Bertz CT molecular complexity index is 1160. The summed E-state index contributed by atoms with van der Waals surface area (Å²) in [6, 6.07) is 23.1. The second-order valence-corrected chi connectivity index (χ2v) is 6.72. The summed E-state index contributed by atoms with van der Waals surface area (Å²) in [7, 11) is 0. The van der Waals surface area contributed by atoms with E-state index in [9.17, 15) is 0 Å². The van der Waals surface area contributed by atoms with Gasteiger partial charge < -0.3 is 9.97 Å². The number of rotatable bonds is 4. The number of hydrazone groups is 1. The van der Waals surface area contributed by atoms with Crippen molar-refractivity contribution in [3.63, 3.8) is 0 Å². The van der Waals surface area contributed by atoms with Crippen molar-refractivity contribution in [2.24, 2.45) is 5.10 Å². The standard InChI is InChI=1S/C21H15ClN6/c22-13-9-11-14(12-10-13)27-28-19(20-23-15-5-1-2-6-16(15)24-20)21-25-17-7-3-4-8-18(17)26-21/h1-12,27H,(H,23,24)(H,25,26). The third kappa shape index (κ3) is 3.10. The molecule has 0 bridgehead atoms. The fourth-order valence-electron chi connectivity index (χ4n) is 2.99. The molecule has 0 aliphatic heterocycles. The summed E-state index contributed by atoms with van der Waals surface area (Å²) in [6.45, 7) is 0. The van der Waals surface area contributed by atoms with E-state index in [1.165, 1.54) is 0 Å². The monoisotopic (exact) mass is 386 g/mol. The van der Waals surface area contributed by atoms with Gasteiger partial charge in [0.1, 0.15) is 0 Å². The molecule has 0 fully saturated rings. The number of benzene rings is 3. The summed E-state index contributed by atoms with van der Waals surface area (Å²) < 4.78 is 0. The Labute approximate surface area is 165 Å². The average molecular weight is 387 g/mol. The van der Waals surface area contributed by atoms with Crippen LogP contribution in [0.5, 0.6) is 0 Å². The van der Waals surface area contributed by atoms with Crippen molar-refractivity contribution in [2.75, 3.05) is 5.43 Å². The zero-order valence-corrected chi connectivity index (χ0v) is 15.4. The van der Waals surface area contributed by atoms with Crippen molar-refractivity contribution >= 4 is 45.1 Å². The van der Waals surface area contributed by atoms with Crippen LogP contribution < -0.4 is 5.43 Å². The number of hydrogen-bond donors (Lipinski definition) is 3. The van der Waals surface area contributed by atoms with Crippen LogP contribution in [0.3, 0.4) is 0 Å². The highest BCUT2D eigenvalue weighted by atomic mass is 35.5. The van der Waals surface area contributed by atoms with E-state index in [1.807, 2.05) is 72.8 Å². The van der Waals surface area contributed by atoms with Gasteiger partial charge in [-0.25, -0.2) is 9.97 Å². The lowest BCUT2D eigenvalue weighted by atomic mass is 10.3. The number of aromatic amines is 2. The highest BCUT2D eigenvalue weighted by molar-refractivity contribution is 6.30. The summed E-state index contributed by atoms with van der Waals surface area (Å²) in [4.78, 5) is 16.0. The Hall–Kier alpha value is -3.64. The number of anilines is 1. The van der Waals surface area contributed by atoms with E-state index in [2.05, 4.69) is 30.5 Å². The minimum Gasteiger partial charge on any atom is -0.336 e. The molecule has 5 aromatic rings. The van der Waals surface area contributed by atoms with E-state index in [0.717, 1.165) is 27.8 Å². The van der Waals surface area contributed by atoms with Crippen molar-refractivity contribution in [1.82, 2.24) is 19.9 Å². The Morgan fingerprint density at radius 3 is 1.82 bits per heavy atom. The molecule has 0 aliphatic rings. The van der Waals surface area contributed by atoms with Gasteiger partial charge in [-0.05, 0) is 48.5 Å². The van der Waals surface area contributed by atoms with Gasteiger partial charge in [-0.3, -0.25) is 5.43 Å². The second kappa shape index (κ2) is 6.83. The van der Waals surface area contributed by atoms with Crippen molar-refractivity contribution in [3.05, 3.63) is 89.5 Å². The highest BCUT2D eigenvalue weighted by Gasteiger charge is 2.16. The maximum absolute atomic E-state index is 5.96. The first kappa shape index (κ1) is 16.5. The zero-order chi connectivity index (χ0) is 18.9. The molecule has 0 unspecified atom stereocenters. The van der Waals surface area contributed by atoms with E-state index in [-0.39, 0.29) is 0 Å². The molecule has 2 aromatic heterocycles. The van der Waals surface area contributed by atoms with E-state index < -0.39 is 0 Å². The molecule has 3 aromatic carbocycles. The number of fused-ring (bicyclic) bond motifs is 2. The van der Waals surface area contributed by atoms with E-state index in [4.69, 9.17) is 11.6 Å². The lowest BCUT2D eigenvalue weighted by molar-refractivity contribution is 1.19. The number of nitrogens with zero attached hydrogens (tertiary/aromatic N) is 3. The Morgan fingerprint density at radius 2 is 1.29 bits per heavy atom. The van der Waals surface area contributed by atoms with Gasteiger partial charge in [-0.15, -0.1) is 0 Å². The van der Waals surface area contributed by atoms with Crippen LogP contribution in [0.2, 0.25) is 5.02 Å². The number of aromatic nitrogens is 4. The molecule has 0 aliphatic carbocycles. The first-order chi connectivity index (χ1) is 13.8. The smallest absolute Gasteiger partial charge is 0.168 e. The van der Waals surface area contributed by atoms with Gasteiger partial charge in [-0.2, -0.15) is 5.10 Å². The van der Waals surface area contributed by atoms with E-state index in [1.54, 1.807) is 0 Å². The molecule has 0 saturated carbocycles.